The SMILES string of the molecule is Cc1ccc(-c2cc3c(SCC(=O)Nc4c(C)cccc4Cl)nccn3n2)cc1C. The molecule has 0 radical (unpaired) electrons. The van der Waals surface area contributed by atoms with Crippen molar-refractivity contribution in [2.45, 2.75) is 25.8 Å². The van der Waals surface area contributed by atoms with E-state index in [0.29, 0.717) is 10.7 Å². The molecule has 0 aliphatic carbocycles. The molecule has 0 spiro atoms. The van der Waals surface area contributed by atoms with Gasteiger partial charge in [-0.15, -0.1) is 0 Å². The van der Waals surface area contributed by atoms with Gasteiger partial charge in [0, 0.05) is 18.0 Å². The molecule has 0 saturated heterocycles. The largest absolute Gasteiger partial charge is 0.324 e. The van der Waals surface area contributed by atoms with Crippen LogP contribution in [0.2, 0.25) is 5.02 Å². The van der Waals surface area contributed by atoms with E-state index in [9.17, 15) is 4.79 Å². The molecule has 5 nitrogen and oxygen atoms in total. The summed E-state index contributed by atoms with van der Waals surface area (Å²) in [4.78, 5) is 16.9. The Labute approximate surface area is 184 Å². The summed E-state index contributed by atoms with van der Waals surface area (Å²) in [7, 11) is 0. The molecule has 2 heterocycles. The minimum absolute atomic E-state index is 0.131. The van der Waals surface area contributed by atoms with Crippen LogP contribution in [0.15, 0.2) is 59.9 Å². The van der Waals surface area contributed by atoms with Crippen molar-refractivity contribution >= 4 is 40.5 Å². The van der Waals surface area contributed by atoms with Crippen LogP contribution in [0.4, 0.5) is 5.69 Å². The number of benzene rings is 2. The Balaban J connectivity index is 1.54. The van der Waals surface area contributed by atoms with Crippen LogP contribution in [-0.2, 0) is 4.79 Å². The van der Waals surface area contributed by atoms with Gasteiger partial charge in [0.25, 0.3) is 0 Å². The molecule has 7 heteroatoms. The lowest BCUT2D eigenvalue weighted by molar-refractivity contribution is -0.113. The summed E-state index contributed by atoms with van der Waals surface area (Å²) in [5.41, 5.74) is 6.86. The Morgan fingerprint density at radius 1 is 1.10 bits per heavy atom. The van der Waals surface area contributed by atoms with Crippen molar-refractivity contribution in [3.63, 3.8) is 0 Å². The predicted octanol–water partition coefficient (Wildman–Crippen LogP) is 5.71. The highest BCUT2D eigenvalue weighted by Crippen LogP contribution is 2.28. The molecule has 0 aliphatic rings. The first-order valence-electron chi connectivity index (χ1n) is 9.52. The number of anilines is 1. The molecular formula is C23H21ClN4OS. The summed E-state index contributed by atoms with van der Waals surface area (Å²) in [6.07, 6.45) is 3.51. The average Bonchev–Trinajstić information content (AvgIpc) is 3.16. The van der Waals surface area contributed by atoms with Gasteiger partial charge >= 0.3 is 0 Å². The van der Waals surface area contributed by atoms with Gasteiger partial charge < -0.3 is 5.32 Å². The fourth-order valence-corrected chi connectivity index (χ4v) is 4.20. The van der Waals surface area contributed by atoms with Crippen LogP contribution in [0.25, 0.3) is 16.8 Å². The third-order valence-electron chi connectivity index (χ3n) is 4.98. The highest BCUT2D eigenvalue weighted by Gasteiger charge is 2.13. The number of aryl methyl sites for hydroxylation is 3. The number of hydrogen-bond donors (Lipinski definition) is 1. The maximum absolute atomic E-state index is 12.5. The molecule has 0 aliphatic heterocycles. The Bertz CT molecular complexity index is 1230. The molecule has 4 rings (SSSR count). The maximum atomic E-state index is 12.5. The zero-order valence-electron chi connectivity index (χ0n) is 16.9. The van der Waals surface area contributed by atoms with E-state index in [0.717, 1.165) is 27.4 Å². The molecule has 30 heavy (non-hydrogen) atoms. The van der Waals surface area contributed by atoms with Gasteiger partial charge in [-0.1, -0.05) is 47.6 Å². The molecule has 1 amide bonds. The van der Waals surface area contributed by atoms with E-state index in [-0.39, 0.29) is 11.7 Å². The van der Waals surface area contributed by atoms with E-state index >= 15 is 0 Å². The number of nitrogens with zero attached hydrogens (tertiary/aromatic N) is 3. The first-order valence-corrected chi connectivity index (χ1v) is 10.9. The summed E-state index contributed by atoms with van der Waals surface area (Å²) in [5.74, 6) is 0.0931. The molecule has 0 saturated carbocycles. The van der Waals surface area contributed by atoms with E-state index in [2.05, 4.69) is 47.4 Å². The summed E-state index contributed by atoms with van der Waals surface area (Å²) in [6.45, 7) is 6.10. The van der Waals surface area contributed by atoms with E-state index in [1.807, 2.05) is 31.3 Å². The van der Waals surface area contributed by atoms with Crippen LogP contribution < -0.4 is 5.32 Å². The number of aromatic nitrogens is 3. The summed E-state index contributed by atoms with van der Waals surface area (Å²) < 4.78 is 1.80. The summed E-state index contributed by atoms with van der Waals surface area (Å²) in [6, 6.07) is 13.9. The Morgan fingerprint density at radius 2 is 1.93 bits per heavy atom. The molecule has 0 atom stereocenters. The minimum Gasteiger partial charge on any atom is -0.324 e. The maximum Gasteiger partial charge on any atom is 0.234 e. The minimum atomic E-state index is -0.131. The second kappa shape index (κ2) is 8.50. The Kier molecular flexibility index (Phi) is 5.79. The number of fused-ring (bicyclic) bond motifs is 1. The van der Waals surface area contributed by atoms with Crippen molar-refractivity contribution in [3.05, 3.63) is 76.6 Å². The lowest BCUT2D eigenvalue weighted by Gasteiger charge is -2.10. The lowest BCUT2D eigenvalue weighted by atomic mass is 10.0. The van der Waals surface area contributed by atoms with Crippen molar-refractivity contribution < 1.29 is 4.79 Å². The first-order chi connectivity index (χ1) is 14.4. The van der Waals surface area contributed by atoms with Gasteiger partial charge in [0.2, 0.25) is 5.91 Å². The van der Waals surface area contributed by atoms with Crippen LogP contribution >= 0.6 is 23.4 Å². The molecule has 0 unspecified atom stereocenters. The van der Waals surface area contributed by atoms with Gasteiger partial charge in [0.1, 0.15) is 5.03 Å². The van der Waals surface area contributed by atoms with Gasteiger partial charge in [0.15, 0.2) is 0 Å². The van der Waals surface area contributed by atoms with Crippen LogP contribution in [0.1, 0.15) is 16.7 Å². The van der Waals surface area contributed by atoms with E-state index in [1.165, 1.54) is 22.9 Å². The lowest BCUT2D eigenvalue weighted by Crippen LogP contribution is -2.15. The van der Waals surface area contributed by atoms with E-state index in [4.69, 9.17) is 11.6 Å². The second-order valence-corrected chi connectivity index (χ2v) is 8.53. The van der Waals surface area contributed by atoms with Crippen molar-refractivity contribution in [3.8, 4) is 11.3 Å². The van der Waals surface area contributed by atoms with Crippen molar-refractivity contribution in [2.75, 3.05) is 11.1 Å². The molecular weight excluding hydrogens is 416 g/mol. The smallest absolute Gasteiger partial charge is 0.234 e. The van der Waals surface area contributed by atoms with E-state index in [1.54, 1.807) is 16.8 Å². The highest BCUT2D eigenvalue weighted by molar-refractivity contribution is 8.00. The number of rotatable bonds is 5. The average molecular weight is 437 g/mol. The normalized spacial score (nSPS) is 11.1. The first kappa shape index (κ1) is 20.4. The number of hydrogen-bond acceptors (Lipinski definition) is 4. The molecule has 2 aromatic heterocycles. The fraction of sp³-hybridized carbons (Fsp3) is 0.174. The van der Waals surface area contributed by atoms with Crippen LogP contribution in [0.3, 0.4) is 0 Å². The Hall–Kier alpha value is -2.83. The molecule has 2 aromatic carbocycles. The Morgan fingerprint density at radius 3 is 2.70 bits per heavy atom. The zero-order valence-corrected chi connectivity index (χ0v) is 18.5. The number of para-hydroxylation sites is 1. The number of amides is 1. The summed E-state index contributed by atoms with van der Waals surface area (Å²) in [5, 5.41) is 8.86. The highest BCUT2D eigenvalue weighted by atomic mass is 35.5. The zero-order chi connectivity index (χ0) is 21.3. The van der Waals surface area contributed by atoms with Gasteiger partial charge in [-0.05, 0) is 55.7 Å². The quantitative estimate of drug-likeness (QED) is 0.407. The summed E-state index contributed by atoms with van der Waals surface area (Å²) >= 11 is 7.58. The molecule has 0 fully saturated rings. The van der Waals surface area contributed by atoms with E-state index < -0.39 is 0 Å². The van der Waals surface area contributed by atoms with Gasteiger partial charge in [-0.25, -0.2) is 9.50 Å². The molecule has 152 valence electrons. The van der Waals surface area contributed by atoms with Gasteiger partial charge in [-0.3, -0.25) is 4.79 Å². The number of thioether (sulfide) groups is 1. The van der Waals surface area contributed by atoms with Crippen LogP contribution in [0.5, 0.6) is 0 Å². The second-order valence-electron chi connectivity index (χ2n) is 7.16. The predicted molar refractivity (Wildman–Crippen MR) is 123 cm³/mol. The van der Waals surface area contributed by atoms with Crippen molar-refractivity contribution in [1.29, 1.82) is 0 Å². The molecule has 4 aromatic rings. The standard InChI is InChI=1S/C23H21ClN4OS/c1-14-7-8-17(11-16(14)3)19-12-20-23(25-9-10-28(20)27-19)30-13-21(29)26-22-15(2)5-4-6-18(22)24/h4-12H,13H2,1-3H3,(H,26,29). The number of halogens is 1. The topological polar surface area (TPSA) is 59.3 Å². The van der Waals surface area contributed by atoms with Crippen LogP contribution in [-0.4, -0.2) is 26.3 Å². The number of nitrogens with one attached hydrogen (secondary N) is 1. The fourth-order valence-electron chi connectivity index (χ4n) is 3.15. The van der Waals surface area contributed by atoms with Crippen molar-refractivity contribution in [1.82, 2.24) is 14.6 Å². The number of carbonyl (C=O) groups excluding carboxylic acids is 1. The molecule has 1 N–H and O–H groups in total. The number of carbonyl (C=O) groups is 1. The van der Waals surface area contributed by atoms with Gasteiger partial charge in [-0.2, -0.15) is 5.10 Å². The van der Waals surface area contributed by atoms with Crippen LogP contribution in [0, 0.1) is 20.8 Å². The molecule has 0 bridgehead atoms. The van der Waals surface area contributed by atoms with Crippen molar-refractivity contribution in [2.24, 2.45) is 0 Å². The third-order valence-corrected chi connectivity index (χ3v) is 6.29. The van der Waals surface area contributed by atoms with Gasteiger partial charge in [0.05, 0.1) is 27.7 Å². The monoisotopic (exact) mass is 436 g/mol. The third kappa shape index (κ3) is 4.20.